The Kier molecular flexibility index (Phi) is 5.57. The van der Waals surface area contributed by atoms with E-state index in [-0.39, 0.29) is 6.04 Å². The van der Waals surface area contributed by atoms with Gasteiger partial charge in [0.1, 0.15) is 4.21 Å². The molecule has 5 nitrogen and oxygen atoms in total. The molecule has 0 bridgehead atoms. The molecule has 20 heavy (non-hydrogen) atoms. The molecule has 2 rings (SSSR count). The summed E-state index contributed by atoms with van der Waals surface area (Å²) in [5.41, 5.74) is 0. The summed E-state index contributed by atoms with van der Waals surface area (Å²) in [5, 5.41) is 3.33. The molecule has 1 aliphatic heterocycles. The molecule has 0 aliphatic carbocycles. The minimum absolute atomic E-state index is 0.0897. The highest BCUT2D eigenvalue weighted by molar-refractivity contribution is 7.91. The van der Waals surface area contributed by atoms with E-state index in [4.69, 9.17) is 4.74 Å². The standard InChI is InChI=1S/C13H22N2O3S2/c1-10(2)14-7-5-12-3-4-13(19-12)20(16,17)15-11-6-8-18-9-11/h3-4,10-11,14-15H,5-9H2,1-2H3. The van der Waals surface area contributed by atoms with Crippen LogP contribution in [-0.2, 0) is 21.2 Å². The number of hydrogen-bond acceptors (Lipinski definition) is 5. The van der Waals surface area contributed by atoms with Crippen molar-refractivity contribution in [2.45, 2.75) is 43.0 Å². The van der Waals surface area contributed by atoms with Crippen molar-refractivity contribution in [1.29, 1.82) is 0 Å². The highest BCUT2D eigenvalue weighted by atomic mass is 32.2. The molecule has 114 valence electrons. The Bertz CT molecular complexity index is 519. The van der Waals surface area contributed by atoms with Gasteiger partial charge in [-0.05, 0) is 25.0 Å². The van der Waals surface area contributed by atoms with Crippen LogP contribution in [0.5, 0.6) is 0 Å². The van der Waals surface area contributed by atoms with E-state index in [0.717, 1.165) is 24.3 Å². The number of ether oxygens (including phenoxy) is 1. The number of nitrogens with one attached hydrogen (secondary N) is 2. The van der Waals surface area contributed by atoms with Gasteiger partial charge in [0.2, 0.25) is 10.0 Å². The molecule has 2 heterocycles. The third-order valence-electron chi connectivity index (χ3n) is 3.08. The van der Waals surface area contributed by atoms with Crippen molar-refractivity contribution in [2.75, 3.05) is 19.8 Å². The first kappa shape index (κ1) is 15.9. The van der Waals surface area contributed by atoms with E-state index in [2.05, 4.69) is 23.9 Å². The molecule has 0 saturated carbocycles. The van der Waals surface area contributed by atoms with Crippen LogP contribution in [0.4, 0.5) is 0 Å². The van der Waals surface area contributed by atoms with Crippen LogP contribution in [0.25, 0.3) is 0 Å². The highest BCUT2D eigenvalue weighted by Gasteiger charge is 2.24. The average molecular weight is 318 g/mol. The molecule has 7 heteroatoms. The Labute approximate surface area is 124 Å². The van der Waals surface area contributed by atoms with Crippen LogP contribution in [0.1, 0.15) is 25.1 Å². The van der Waals surface area contributed by atoms with Gasteiger partial charge in [0, 0.05) is 30.1 Å². The molecule has 1 saturated heterocycles. The zero-order chi connectivity index (χ0) is 14.6. The maximum atomic E-state index is 12.2. The topological polar surface area (TPSA) is 67.4 Å². The second-order valence-electron chi connectivity index (χ2n) is 5.26. The van der Waals surface area contributed by atoms with Crippen molar-refractivity contribution in [3.63, 3.8) is 0 Å². The molecular weight excluding hydrogens is 296 g/mol. The van der Waals surface area contributed by atoms with Crippen LogP contribution < -0.4 is 10.0 Å². The van der Waals surface area contributed by atoms with Gasteiger partial charge in [0.25, 0.3) is 0 Å². The van der Waals surface area contributed by atoms with E-state index < -0.39 is 10.0 Å². The number of thiophene rings is 1. The van der Waals surface area contributed by atoms with Gasteiger partial charge < -0.3 is 10.1 Å². The molecule has 1 aliphatic rings. The van der Waals surface area contributed by atoms with Crippen LogP contribution in [0.2, 0.25) is 0 Å². The first-order valence-electron chi connectivity index (χ1n) is 6.89. The summed E-state index contributed by atoms with van der Waals surface area (Å²) in [7, 11) is -3.40. The molecule has 0 aromatic carbocycles. The van der Waals surface area contributed by atoms with Crippen LogP contribution in [0.15, 0.2) is 16.3 Å². The summed E-state index contributed by atoms with van der Waals surface area (Å²) in [5.74, 6) is 0. The van der Waals surface area contributed by atoms with Crippen LogP contribution >= 0.6 is 11.3 Å². The summed E-state index contributed by atoms with van der Waals surface area (Å²) in [6, 6.07) is 3.94. The molecule has 1 fully saturated rings. The largest absolute Gasteiger partial charge is 0.380 e. The number of hydrogen-bond donors (Lipinski definition) is 2. The van der Waals surface area contributed by atoms with E-state index in [1.54, 1.807) is 6.07 Å². The van der Waals surface area contributed by atoms with Gasteiger partial charge in [-0.1, -0.05) is 13.8 Å². The predicted molar refractivity (Wildman–Crippen MR) is 80.7 cm³/mol. The lowest BCUT2D eigenvalue weighted by molar-refractivity contribution is 0.192. The summed E-state index contributed by atoms with van der Waals surface area (Å²) in [6.45, 7) is 6.15. The zero-order valence-corrected chi connectivity index (χ0v) is 13.5. The van der Waals surface area contributed by atoms with Crippen LogP contribution in [0, 0.1) is 0 Å². The maximum Gasteiger partial charge on any atom is 0.250 e. The maximum absolute atomic E-state index is 12.2. The van der Waals surface area contributed by atoms with Crippen molar-refractivity contribution in [2.24, 2.45) is 0 Å². The van der Waals surface area contributed by atoms with Crippen molar-refractivity contribution in [1.82, 2.24) is 10.0 Å². The van der Waals surface area contributed by atoms with Gasteiger partial charge in [0.15, 0.2) is 0 Å². The Morgan fingerprint density at radius 1 is 1.45 bits per heavy atom. The molecule has 2 N–H and O–H groups in total. The summed E-state index contributed by atoms with van der Waals surface area (Å²) in [4.78, 5) is 1.08. The molecule has 0 radical (unpaired) electrons. The van der Waals surface area contributed by atoms with Crippen LogP contribution in [-0.4, -0.2) is 40.3 Å². The fourth-order valence-electron chi connectivity index (χ4n) is 2.03. The minimum atomic E-state index is -3.40. The Morgan fingerprint density at radius 2 is 2.25 bits per heavy atom. The quantitative estimate of drug-likeness (QED) is 0.796. The normalized spacial score (nSPS) is 19.9. The van der Waals surface area contributed by atoms with E-state index in [9.17, 15) is 8.42 Å². The second kappa shape index (κ2) is 7.00. The smallest absolute Gasteiger partial charge is 0.250 e. The fourth-order valence-corrected chi connectivity index (χ4v) is 4.65. The van der Waals surface area contributed by atoms with Crippen molar-refractivity contribution in [3.8, 4) is 0 Å². The van der Waals surface area contributed by atoms with E-state index >= 15 is 0 Å². The SMILES string of the molecule is CC(C)NCCc1ccc(S(=O)(=O)NC2CCOC2)s1. The van der Waals surface area contributed by atoms with Gasteiger partial charge in [-0.15, -0.1) is 11.3 Å². The predicted octanol–water partition coefficient (Wildman–Crippen LogP) is 1.36. The highest BCUT2D eigenvalue weighted by Crippen LogP contribution is 2.22. The Morgan fingerprint density at radius 3 is 2.90 bits per heavy atom. The van der Waals surface area contributed by atoms with E-state index in [1.165, 1.54) is 11.3 Å². The molecule has 1 atom stereocenters. The second-order valence-corrected chi connectivity index (χ2v) is 8.37. The number of rotatable bonds is 7. The molecule has 1 aromatic rings. The average Bonchev–Trinajstić information content (AvgIpc) is 2.99. The molecule has 1 aromatic heterocycles. The van der Waals surface area contributed by atoms with Gasteiger partial charge in [-0.25, -0.2) is 13.1 Å². The lowest BCUT2D eigenvalue weighted by atomic mass is 10.3. The summed E-state index contributed by atoms with van der Waals surface area (Å²) >= 11 is 1.34. The first-order valence-corrected chi connectivity index (χ1v) is 9.19. The monoisotopic (exact) mass is 318 g/mol. The van der Waals surface area contributed by atoms with Gasteiger partial charge >= 0.3 is 0 Å². The molecule has 1 unspecified atom stereocenters. The Hall–Kier alpha value is -0.470. The lowest BCUT2D eigenvalue weighted by Crippen LogP contribution is -2.34. The van der Waals surface area contributed by atoms with Crippen molar-refractivity contribution >= 4 is 21.4 Å². The third kappa shape index (κ3) is 4.53. The van der Waals surface area contributed by atoms with Crippen LogP contribution in [0.3, 0.4) is 0 Å². The number of sulfonamides is 1. The summed E-state index contributed by atoms with van der Waals surface area (Å²) < 4.78 is 32.7. The minimum Gasteiger partial charge on any atom is -0.380 e. The van der Waals surface area contributed by atoms with Gasteiger partial charge in [-0.3, -0.25) is 0 Å². The molecule has 0 spiro atoms. The van der Waals surface area contributed by atoms with E-state index in [0.29, 0.717) is 23.5 Å². The lowest BCUT2D eigenvalue weighted by Gasteiger charge is -2.09. The molecule has 0 amide bonds. The van der Waals surface area contributed by atoms with E-state index in [1.807, 2.05) is 6.07 Å². The molecular formula is C13H22N2O3S2. The first-order chi connectivity index (χ1) is 9.47. The van der Waals surface area contributed by atoms with Gasteiger partial charge in [-0.2, -0.15) is 0 Å². The summed E-state index contributed by atoms with van der Waals surface area (Å²) in [6.07, 6.45) is 1.60. The Balaban J connectivity index is 1.92. The zero-order valence-electron chi connectivity index (χ0n) is 11.9. The van der Waals surface area contributed by atoms with Crippen molar-refractivity contribution in [3.05, 3.63) is 17.0 Å². The fraction of sp³-hybridized carbons (Fsp3) is 0.692. The third-order valence-corrected chi connectivity index (χ3v) is 6.23. The van der Waals surface area contributed by atoms with Gasteiger partial charge in [0.05, 0.1) is 6.61 Å². The van der Waals surface area contributed by atoms with Crippen molar-refractivity contribution < 1.29 is 13.2 Å².